The monoisotopic (exact) mass is 228 g/mol. The van der Waals surface area contributed by atoms with Crippen molar-refractivity contribution < 1.29 is 5.11 Å². The van der Waals surface area contributed by atoms with Crippen LogP contribution in [0.3, 0.4) is 0 Å². The van der Waals surface area contributed by atoms with Crippen LogP contribution in [0.1, 0.15) is 26.3 Å². The molecule has 1 nitrogen and oxygen atoms in total. The molecule has 0 radical (unpaired) electrons. The number of phenols is 1. The van der Waals surface area contributed by atoms with Gasteiger partial charge in [-0.15, -0.1) is 24.4 Å². The smallest absolute Gasteiger partial charge is 0.142 e. The van der Waals surface area contributed by atoms with Gasteiger partial charge in [0.05, 0.1) is 4.90 Å². The number of hydrogen-bond donors (Lipinski definition) is 2. The topological polar surface area (TPSA) is 20.2 Å². The van der Waals surface area contributed by atoms with E-state index in [2.05, 4.69) is 33.4 Å². The molecule has 0 fully saturated rings. The van der Waals surface area contributed by atoms with Crippen molar-refractivity contribution >= 4 is 24.4 Å². The molecule has 0 atom stereocenters. The van der Waals surface area contributed by atoms with Crippen LogP contribution in [0.25, 0.3) is 0 Å². The summed E-state index contributed by atoms with van der Waals surface area (Å²) in [5, 5.41) is 9.69. The van der Waals surface area contributed by atoms with E-state index in [1.165, 1.54) is 5.56 Å². The van der Waals surface area contributed by atoms with Gasteiger partial charge in [0, 0.05) is 4.90 Å². The minimum atomic E-state index is 0.0929. The van der Waals surface area contributed by atoms with Gasteiger partial charge in [0.1, 0.15) is 5.75 Å². The lowest BCUT2D eigenvalue weighted by Crippen LogP contribution is -2.11. The fourth-order valence-corrected chi connectivity index (χ4v) is 2.07. The zero-order valence-electron chi connectivity index (χ0n) is 8.96. The first-order valence-corrected chi connectivity index (χ1v) is 6.14. The highest BCUT2D eigenvalue weighted by Gasteiger charge is 2.17. The zero-order chi connectivity index (χ0) is 10.9. The number of hydrogen-bond acceptors (Lipinski definition) is 3. The van der Waals surface area contributed by atoms with E-state index in [9.17, 15) is 5.11 Å². The van der Waals surface area contributed by atoms with Crippen LogP contribution < -0.4 is 0 Å². The van der Waals surface area contributed by atoms with Crippen LogP contribution in [0.5, 0.6) is 5.75 Å². The van der Waals surface area contributed by atoms with E-state index in [1.54, 1.807) is 11.8 Å². The standard InChI is InChI=1S/C11H16OS2/c1-11(2,3)7-5-8(13)10(12)9(6-7)14-4/h5-6,12-13H,1-4H3. The van der Waals surface area contributed by atoms with Crippen LogP contribution in [-0.2, 0) is 5.41 Å². The Hall–Kier alpha value is -0.280. The first-order chi connectivity index (χ1) is 6.36. The van der Waals surface area contributed by atoms with Crippen molar-refractivity contribution in [1.29, 1.82) is 0 Å². The van der Waals surface area contributed by atoms with Crippen molar-refractivity contribution in [1.82, 2.24) is 0 Å². The Morgan fingerprint density at radius 3 is 2.29 bits per heavy atom. The summed E-state index contributed by atoms with van der Waals surface area (Å²) in [5.41, 5.74) is 1.29. The summed E-state index contributed by atoms with van der Waals surface area (Å²) in [4.78, 5) is 1.55. The molecule has 1 rings (SSSR count). The van der Waals surface area contributed by atoms with E-state index in [1.807, 2.05) is 18.4 Å². The Morgan fingerprint density at radius 2 is 1.86 bits per heavy atom. The molecule has 78 valence electrons. The lowest BCUT2D eigenvalue weighted by Gasteiger charge is -2.20. The van der Waals surface area contributed by atoms with Gasteiger partial charge in [-0.3, -0.25) is 0 Å². The highest BCUT2D eigenvalue weighted by molar-refractivity contribution is 7.98. The number of phenolic OH excluding ortho intramolecular Hbond substituents is 1. The van der Waals surface area contributed by atoms with E-state index >= 15 is 0 Å². The van der Waals surface area contributed by atoms with Crippen LogP contribution in [0, 0.1) is 0 Å². The van der Waals surface area contributed by atoms with E-state index in [4.69, 9.17) is 0 Å². The summed E-state index contributed by atoms with van der Waals surface area (Å²) in [6.45, 7) is 6.45. The molecule has 0 spiro atoms. The molecule has 0 aliphatic heterocycles. The van der Waals surface area contributed by atoms with Gasteiger partial charge < -0.3 is 5.11 Å². The molecule has 3 heteroatoms. The summed E-state index contributed by atoms with van der Waals surface area (Å²) < 4.78 is 0. The molecule has 0 aliphatic rings. The van der Waals surface area contributed by atoms with E-state index in [0.717, 1.165) is 4.90 Å². The second-order valence-electron chi connectivity index (χ2n) is 4.30. The Kier molecular flexibility index (Phi) is 3.43. The summed E-state index contributed by atoms with van der Waals surface area (Å²) in [6, 6.07) is 3.96. The molecular formula is C11H16OS2. The predicted octanol–water partition coefficient (Wildman–Crippen LogP) is 3.70. The Morgan fingerprint density at radius 1 is 1.29 bits per heavy atom. The molecule has 0 aliphatic carbocycles. The number of rotatable bonds is 1. The van der Waals surface area contributed by atoms with E-state index in [0.29, 0.717) is 4.90 Å². The summed E-state index contributed by atoms with van der Waals surface area (Å²) >= 11 is 5.80. The highest BCUT2D eigenvalue weighted by Crippen LogP contribution is 2.37. The molecular weight excluding hydrogens is 212 g/mol. The second kappa shape index (κ2) is 4.07. The van der Waals surface area contributed by atoms with Crippen molar-refractivity contribution in [3.63, 3.8) is 0 Å². The van der Waals surface area contributed by atoms with Crippen molar-refractivity contribution in [3.8, 4) is 5.75 Å². The highest BCUT2D eigenvalue weighted by atomic mass is 32.2. The van der Waals surface area contributed by atoms with Crippen molar-refractivity contribution in [3.05, 3.63) is 17.7 Å². The molecule has 1 aromatic rings. The number of thioether (sulfide) groups is 1. The van der Waals surface area contributed by atoms with Gasteiger partial charge in [-0.1, -0.05) is 20.8 Å². The number of aromatic hydroxyl groups is 1. The van der Waals surface area contributed by atoms with Crippen LogP contribution in [0.4, 0.5) is 0 Å². The molecule has 0 unspecified atom stereocenters. The lowest BCUT2D eigenvalue weighted by molar-refractivity contribution is 0.447. The maximum Gasteiger partial charge on any atom is 0.142 e. The summed E-state index contributed by atoms with van der Waals surface area (Å²) in [6.07, 6.45) is 1.95. The van der Waals surface area contributed by atoms with Gasteiger partial charge in [0.25, 0.3) is 0 Å². The van der Waals surface area contributed by atoms with Crippen molar-refractivity contribution in [2.75, 3.05) is 6.26 Å². The largest absolute Gasteiger partial charge is 0.506 e. The Labute approximate surface area is 95.3 Å². The first-order valence-electron chi connectivity index (χ1n) is 4.46. The van der Waals surface area contributed by atoms with Crippen LogP contribution in [-0.4, -0.2) is 11.4 Å². The second-order valence-corrected chi connectivity index (χ2v) is 5.63. The average Bonchev–Trinajstić information content (AvgIpc) is 2.07. The SMILES string of the molecule is CSc1cc(C(C)(C)C)cc(S)c1O. The maximum atomic E-state index is 9.69. The third-order valence-electron chi connectivity index (χ3n) is 2.14. The minimum Gasteiger partial charge on any atom is -0.506 e. The number of thiol groups is 1. The van der Waals surface area contributed by atoms with Crippen LogP contribution in [0.2, 0.25) is 0 Å². The van der Waals surface area contributed by atoms with Crippen LogP contribution in [0.15, 0.2) is 21.9 Å². The zero-order valence-corrected chi connectivity index (χ0v) is 10.7. The first kappa shape index (κ1) is 11.8. The van der Waals surface area contributed by atoms with Gasteiger partial charge in [-0.05, 0) is 29.4 Å². The Balaban J connectivity index is 3.30. The molecule has 0 aromatic heterocycles. The number of benzene rings is 1. The molecule has 14 heavy (non-hydrogen) atoms. The minimum absolute atomic E-state index is 0.0929. The van der Waals surface area contributed by atoms with Gasteiger partial charge in [-0.25, -0.2) is 0 Å². The molecule has 0 amide bonds. The third-order valence-corrected chi connectivity index (χ3v) is 3.23. The van der Waals surface area contributed by atoms with Gasteiger partial charge >= 0.3 is 0 Å². The molecule has 0 bridgehead atoms. The average molecular weight is 228 g/mol. The normalized spacial score (nSPS) is 11.8. The summed E-state index contributed by atoms with van der Waals surface area (Å²) in [5.74, 6) is 0.286. The quantitative estimate of drug-likeness (QED) is 0.564. The van der Waals surface area contributed by atoms with Crippen molar-refractivity contribution in [2.24, 2.45) is 0 Å². The molecule has 0 saturated carbocycles. The van der Waals surface area contributed by atoms with Gasteiger partial charge in [0.2, 0.25) is 0 Å². The Bertz CT molecular complexity index is 340. The van der Waals surface area contributed by atoms with Gasteiger partial charge in [0.15, 0.2) is 0 Å². The molecule has 1 aromatic carbocycles. The molecule has 0 heterocycles. The third kappa shape index (κ3) is 2.39. The van der Waals surface area contributed by atoms with Gasteiger partial charge in [-0.2, -0.15) is 0 Å². The molecule has 0 saturated heterocycles. The maximum absolute atomic E-state index is 9.69. The lowest BCUT2D eigenvalue weighted by atomic mass is 9.87. The fraction of sp³-hybridized carbons (Fsp3) is 0.455. The van der Waals surface area contributed by atoms with Crippen LogP contribution >= 0.6 is 24.4 Å². The predicted molar refractivity (Wildman–Crippen MR) is 65.8 cm³/mol. The summed E-state index contributed by atoms with van der Waals surface area (Å²) in [7, 11) is 0. The van der Waals surface area contributed by atoms with E-state index < -0.39 is 0 Å². The van der Waals surface area contributed by atoms with Crippen molar-refractivity contribution in [2.45, 2.75) is 36.0 Å². The molecule has 1 N–H and O–H groups in total. The van der Waals surface area contributed by atoms with E-state index in [-0.39, 0.29) is 11.2 Å². The fourth-order valence-electron chi connectivity index (χ4n) is 1.18.